The highest BCUT2D eigenvalue weighted by molar-refractivity contribution is 7.91. The van der Waals surface area contributed by atoms with Crippen molar-refractivity contribution in [3.05, 3.63) is 28.7 Å². The van der Waals surface area contributed by atoms with E-state index in [9.17, 15) is 13.2 Å². The highest BCUT2D eigenvalue weighted by Crippen LogP contribution is 2.31. The summed E-state index contributed by atoms with van der Waals surface area (Å²) in [5.74, 6) is 0.629. The topological polar surface area (TPSA) is 87.5 Å². The van der Waals surface area contributed by atoms with Crippen LogP contribution in [0.4, 0.5) is 5.82 Å². The van der Waals surface area contributed by atoms with Crippen molar-refractivity contribution in [1.29, 1.82) is 0 Å². The van der Waals surface area contributed by atoms with Gasteiger partial charge in [0.25, 0.3) is 10.0 Å². The summed E-state index contributed by atoms with van der Waals surface area (Å²) in [5, 5.41) is 7.33. The second kappa shape index (κ2) is 8.73. The van der Waals surface area contributed by atoms with Gasteiger partial charge < -0.3 is 5.32 Å². The maximum Gasteiger partial charge on any atom is 0.252 e. The molecule has 1 aliphatic carbocycles. The van der Waals surface area contributed by atoms with E-state index < -0.39 is 10.0 Å². The van der Waals surface area contributed by atoms with Gasteiger partial charge in [-0.15, -0.1) is 11.3 Å². The highest BCUT2D eigenvalue weighted by atomic mass is 35.5. The van der Waals surface area contributed by atoms with Gasteiger partial charge in [0.05, 0.1) is 23.1 Å². The summed E-state index contributed by atoms with van der Waals surface area (Å²) in [6.45, 7) is 1.95. The van der Waals surface area contributed by atoms with Crippen molar-refractivity contribution in [2.24, 2.45) is 0 Å². The van der Waals surface area contributed by atoms with Crippen molar-refractivity contribution < 1.29 is 13.2 Å². The van der Waals surface area contributed by atoms with Crippen molar-refractivity contribution in [3.8, 4) is 0 Å². The molecule has 1 N–H and O–H groups in total. The van der Waals surface area contributed by atoms with Crippen LogP contribution in [0.1, 0.15) is 31.7 Å². The molecule has 8 nitrogen and oxygen atoms in total. The first-order valence-corrected chi connectivity index (χ1v) is 12.4. The third kappa shape index (κ3) is 4.66. The molecule has 0 atom stereocenters. The molecule has 158 valence electrons. The lowest BCUT2D eigenvalue weighted by Crippen LogP contribution is -2.50. The van der Waals surface area contributed by atoms with E-state index in [2.05, 4.69) is 10.4 Å². The Hall–Kier alpha value is -1.46. The smallest absolute Gasteiger partial charge is 0.252 e. The van der Waals surface area contributed by atoms with Crippen LogP contribution in [0.3, 0.4) is 0 Å². The average molecular weight is 458 g/mol. The predicted molar refractivity (Wildman–Crippen MR) is 113 cm³/mol. The van der Waals surface area contributed by atoms with Crippen LogP contribution in [0, 0.1) is 0 Å². The molecule has 0 spiro atoms. The number of carbonyl (C=O) groups excluding carboxylic acids is 1. The first-order chi connectivity index (χ1) is 13.9. The van der Waals surface area contributed by atoms with Crippen molar-refractivity contribution in [3.63, 3.8) is 0 Å². The minimum absolute atomic E-state index is 0.105. The van der Waals surface area contributed by atoms with E-state index in [1.165, 1.54) is 23.2 Å². The normalized spacial score (nSPS) is 19.6. The van der Waals surface area contributed by atoms with Gasteiger partial charge in [-0.05, 0) is 25.0 Å². The number of nitrogens with one attached hydrogen (secondary N) is 1. The van der Waals surface area contributed by atoms with Crippen LogP contribution in [-0.4, -0.2) is 66.0 Å². The molecular weight excluding hydrogens is 434 g/mol. The minimum Gasteiger partial charge on any atom is -0.310 e. The van der Waals surface area contributed by atoms with E-state index in [0.717, 1.165) is 30.0 Å². The van der Waals surface area contributed by atoms with E-state index in [0.29, 0.717) is 36.6 Å². The molecule has 0 aromatic carbocycles. The lowest BCUT2D eigenvalue weighted by atomic mass is 10.2. The third-order valence-electron chi connectivity index (χ3n) is 5.45. The van der Waals surface area contributed by atoms with E-state index in [-0.39, 0.29) is 16.7 Å². The quantitative estimate of drug-likeness (QED) is 0.720. The molecule has 2 aromatic heterocycles. The van der Waals surface area contributed by atoms with E-state index >= 15 is 0 Å². The molecule has 1 aliphatic heterocycles. The Morgan fingerprint density at radius 2 is 1.90 bits per heavy atom. The van der Waals surface area contributed by atoms with Gasteiger partial charge in [-0.2, -0.15) is 9.40 Å². The number of thiophene rings is 1. The maximum absolute atomic E-state index is 12.7. The summed E-state index contributed by atoms with van der Waals surface area (Å²) >= 11 is 6.94. The fraction of sp³-hybridized carbons (Fsp3) is 0.556. The van der Waals surface area contributed by atoms with Crippen LogP contribution in [0.2, 0.25) is 4.34 Å². The minimum atomic E-state index is -3.52. The Morgan fingerprint density at radius 1 is 1.17 bits per heavy atom. The zero-order valence-corrected chi connectivity index (χ0v) is 18.3. The Kier molecular flexibility index (Phi) is 6.26. The Bertz CT molecular complexity index is 960. The molecule has 0 radical (unpaired) electrons. The summed E-state index contributed by atoms with van der Waals surface area (Å²) in [4.78, 5) is 14.5. The molecule has 0 bridgehead atoms. The number of sulfonamides is 1. The Labute approximate surface area is 179 Å². The number of hydrogen-bond donors (Lipinski definition) is 1. The van der Waals surface area contributed by atoms with Gasteiger partial charge in [0.15, 0.2) is 0 Å². The van der Waals surface area contributed by atoms with Crippen LogP contribution in [-0.2, 0) is 14.8 Å². The van der Waals surface area contributed by atoms with Crippen molar-refractivity contribution in [2.75, 3.05) is 38.0 Å². The van der Waals surface area contributed by atoms with Gasteiger partial charge in [-0.3, -0.25) is 9.69 Å². The first kappa shape index (κ1) is 20.8. The summed E-state index contributed by atoms with van der Waals surface area (Å²) in [5.41, 5.74) is 0. The highest BCUT2D eigenvalue weighted by Gasteiger charge is 2.30. The van der Waals surface area contributed by atoms with Crippen LogP contribution >= 0.6 is 22.9 Å². The Morgan fingerprint density at radius 3 is 2.55 bits per heavy atom. The second-order valence-corrected chi connectivity index (χ2v) is 11.3. The van der Waals surface area contributed by atoms with Gasteiger partial charge >= 0.3 is 0 Å². The molecule has 2 aromatic rings. The molecule has 1 saturated carbocycles. The van der Waals surface area contributed by atoms with Crippen molar-refractivity contribution in [2.45, 2.75) is 35.9 Å². The van der Waals surface area contributed by atoms with Gasteiger partial charge in [0.2, 0.25) is 5.91 Å². The van der Waals surface area contributed by atoms with E-state index in [1.54, 1.807) is 12.3 Å². The van der Waals surface area contributed by atoms with Crippen molar-refractivity contribution in [1.82, 2.24) is 19.0 Å². The lowest BCUT2D eigenvalue weighted by Gasteiger charge is -2.33. The summed E-state index contributed by atoms with van der Waals surface area (Å²) in [6, 6.07) is 5.32. The van der Waals surface area contributed by atoms with Gasteiger partial charge in [-0.25, -0.2) is 13.1 Å². The van der Waals surface area contributed by atoms with Crippen LogP contribution in [0.5, 0.6) is 0 Å². The number of nitrogens with zero attached hydrogens (tertiary/aromatic N) is 4. The number of aromatic nitrogens is 2. The molecule has 29 heavy (non-hydrogen) atoms. The number of piperazine rings is 1. The average Bonchev–Trinajstić information content (AvgIpc) is 3.43. The largest absolute Gasteiger partial charge is 0.310 e. The molecule has 11 heteroatoms. The van der Waals surface area contributed by atoms with E-state index in [1.807, 2.05) is 15.6 Å². The van der Waals surface area contributed by atoms with Crippen LogP contribution < -0.4 is 5.32 Å². The molecule has 1 saturated heterocycles. The molecular formula is C18H24ClN5O3S2. The number of halogens is 1. The summed E-state index contributed by atoms with van der Waals surface area (Å²) in [6.07, 6.45) is 6.30. The molecule has 2 aliphatic rings. The number of hydrogen-bond acceptors (Lipinski definition) is 6. The lowest BCUT2D eigenvalue weighted by molar-refractivity contribution is -0.117. The van der Waals surface area contributed by atoms with Gasteiger partial charge in [-0.1, -0.05) is 24.4 Å². The SMILES string of the molecule is O=C(CN1CCN(S(=O)(=O)c2ccc(Cl)s2)CC1)Nc1ccnn1C1CCCC1. The predicted octanol–water partition coefficient (Wildman–Crippen LogP) is 2.66. The molecule has 1 amide bonds. The maximum atomic E-state index is 12.7. The monoisotopic (exact) mass is 457 g/mol. The Balaban J connectivity index is 1.30. The zero-order valence-electron chi connectivity index (χ0n) is 16.0. The number of anilines is 1. The number of carbonyl (C=O) groups is 1. The zero-order chi connectivity index (χ0) is 20.4. The first-order valence-electron chi connectivity index (χ1n) is 9.75. The third-order valence-corrected chi connectivity index (χ3v) is 9.05. The number of rotatable bonds is 6. The summed E-state index contributed by atoms with van der Waals surface area (Å²) < 4.78 is 29.4. The molecule has 4 rings (SSSR count). The van der Waals surface area contributed by atoms with E-state index in [4.69, 9.17) is 11.6 Å². The molecule has 0 unspecified atom stereocenters. The standard InChI is InChI=1S/C18H24ClN5O3S2/c19-15-5-6-18(28-15)29(26,27)23-11-9-22(10-12-23)13-17(25)21-16-7-8-20-24(16)14-3-1-2-4-14/h5-8,14H,1-4,9-13H2,(H,21,25). The van der Waals surface area contributed by atoms with Crippen LogP contribution in [0.25, 0.3) is 0 Å². The fourth-order valence-electron chi connectivity index (χ4n) is 3.93. The van der Waals surface area contributed by atoms with Gasteiger partial charge in [0, 0.05) is 32.2 Å². The van der Waals surface area contributed by atoms with Crippen LogP contribution in [0.15, 0.2) is 28.6 Å². The second-order valence-electron chi connectivity index (χ2n) is 7.39. The number of amides is 1. The molecule has 2 fully saturated rings. The molecule has 3 heterocycles. The fourth-order valence-corrected chi connectivity index (χ4v) is 6.99. The van der Waals surface area contributed by atoms with Crippen molar-refractivity contribution >= 4 is 44.7 Å². The summed E-state index contributed by atoms with van der Waals surface area (Å²) in [7, 11) is -3.52. The van der Waals surface area contributed by atoms with Gasteiger partial charge in [0.1, 0.15) is 10.0 Å².